The zero-order chi connectivity index (χ0) is 19.8. The lowest BCUT2D eigenvalue weighted by Crippen LogP contribution is -2.09. The molecule has 3 rings (SSSR count). The lowest BCUT2D eigenvalue weighted by molar-refractivity contribution is 0.0602. The van der Waals surface area contributed by atoms with Crippen LogP contribution >= 0.6 is 0 Å². The van der Waals surface area contributed by atoms with E-state index in [0.29, 0.717) is 29.4 Å². The van der Waals surface area contributed by atoms with Crippen LogP contribution in [-0.2, 0) is 11.2 Å². The Morgan fingerprint density at radius 1 is 1.00 bits per heavy atom. The van der Waals surface area contributed by atoms with E-state index in [9.17, 15) is 4.79 Å². The molecule has 2 N–H and O–H groups in total. The Bertz CT molecular complexity index is 946. The number of carbonyl (C=O) groups is 1. The largest absolute Gasteiger partial charge is 0.496 e. The minimum absolute atomic E-state index is 0.410. The van der Waals surface area contributed by atoms with Gasteiger partial charge in [-0.05, 0) is 30.2 Å². The number of nitrogens with one attached hydrogen (secondary N) is 2. The number of nitrogens with zero attached hydrogens (tertiary/aromatic N) is 2. The van der Waals surface area contributed by atoms with Crippen molar-refractivity contribution >= 4 is 23.3 Å². The van der Waals surface area contributed by atoms with Gasteiger partial charge in [0, 0.05) is 12.6 Å². The first kappa shape index (κ1) is 19.2. The van der Waals surface area contributed by atoms with Gasteiger partial charge in [0.15, 0.2) is 0 Å². The third kappa shape index (κ3) is 4.76. The molecule has 0 aliphatic carbocycles. The minimum atomic E-state index is -0.410. The molecule has 1 aromatic heterocycles. The standard InChI is InChI=1S/C21H22N4O3/c1-27-18-10-6-3-7-15(18)11-12-22-19-13-20(24-14-23-19)25-17-9-5-4-8-16(17)21(26)28-2/h3-10,13-14H,11-12H2,1-2H3,(H2,22,23,24,25). The number of esters is 1. The van der Waals surface area contributed by atoms with E-state index in [1.165, 1.54) is 13.4 Å². The number of hydrogen-bond acceptors (Lipinski definition) is 7. The highest BCUT2D eigenvalue weighted by Crippen LogP contribution is 2.22. The van der Waals surface area contributed by atoms with E-state index in [1.54, 1.807) is 31.4 Å². The molecule has 0 saturated heterocycles. The molecule has 3 aromatic rings. The van der Waals surface area contributed by atoms with Crippen molar-refractivity contribution in [3.63, 3.8) is 0 Å². The molecule has 0 spiro atoms. The first-order valence-corrected chi connectivity index (χ1v) is 8.83. The van der Waals surface area contributed by atoms with Crippen LogP contribution in [0.1, 0.15) is 15.9 Å². The number of ether oxygens (including phenoxy) is 2. The van der Waals surface area contributed by atoms with Crippen LogP contribution < -0.4 is 15.4 Å². The summed E-state index contributed by atoms with van der Waals surface area (Å²) in [7, 11) is 3.02. The van der Waals surface area contributed by atoms with E-state index in [4.69, 9.17) is 9.47 Å². The Morgan fingerprint density at radius 3 is 2.57 bits per heavy atom. The van der Waals surface area contributed by atoms with Crippen molar-refractivity contribution in [2.75, 3.05) is 31.4 Å². The average molecular weight is 378 g/mol. The van der Waals surface area contributed by atoms with Gasteiger partial charge >= 0.3 is 5.97 Å². The Morgan fingerprint density at radius 2 is 1.75 bits per heavy atom. The molecule has 0 unspecified atom stereocenters. The van der Waals surface area contributed by atoms with Gasteiger partial charge in [-0.15, -0.1) is 0 Å². The van der Waals surface area contributed by atoms with Gasteiger partial charge in [0.25, 0.3) is 0 Å². The van der Waals surface area contributed by atoms with Crippen molar-refractivity contribution in [2.24, 2.45) is 0 Å². The summed E-state index contributed by atoms with van der Waals surface area (Å²) in [5, 5.41) is 6.42. The topological polar surface area (TPSA) is 85.4 Å². The monoisotopic (exact) mass is 378 g/mol. The number of anilines is 3. The van der Waals surface area contributed by atoms with Crippen molar-refractivity contribution in [2.45, 2.75) is 6.42 Å². The molecule has 0 radical (unpaired) electrons. The molecule has 1 heterocycles. The number of carbonyl (C=O) groups excluding carboxylic acids is 1. The van der Waals surface area contributed by atoms with E-state index in [2.05, 4.69) is 20.6 Å². The maximum atomic E-state index is 11.9. The molecular weight excluding hydrogens is 356 g/mol. The molecule has 0 aliphatic heterocycles. The summed E-state index contributed by atoms with van der Waals surface area (Å²) >= 11 is 0. The minimum Gasteiger partial charge on any atom is -0.496 e. The third-order valence-corrected chi connectivity index (χ3v) is 4.16. The zero-order valence-corrected chi connectivity index (χ0v) is 15.8. The second-order valence-corrected chi connectivity index (χ2v) is 5.94. The van der Waals surface area contributed by atoms with E-state index in [0.717, 1.165) is 17.7 Å². The predicted molar refractivity (Wildman–Crippen MR) is 108 cm³/mol. The normalized spacial score (nSPS) is 10.2. The summed E-state index contributed by atoms with van der Waals surface area (Å²) in [6, 6.07) is 16.8. The van der Waals surface area contributed by atoms with Crippen molar-refractivity contribution in [1.82, 2.24) is 9.97 Å². The lowest BCUT2D eigenvalue weighted by Gasteiger charge is -2.12. The number of rotatable bonds is 8. The molecule has 0 bridgehead atoms. The summed E-state index contributed by atoms with van der Waals surface area (Å²) in [5.74, 6) is 1.72. The molecule has 2 aromatic carbocycles. The molecule has 0 fully saturated rings. The van der Waals surface area contributed by atoms with Crippen LogP contribution in [0, 0.1) is 0 Å². The number of aromatic nitrogens is 2. The lowest BCUT2D eigenvalue weighted by atomic mass is 10.1. The van der Waals surface area contributed by atoms with Gasteiger partial charge in [0.1, 0.15) is 23.7 Å². The molecule has 0 saturated carbocycles. The van der Waals surface area contributed by atoms with Gasteiger partial charge in [0.2, 0.25) is 0 Å². The van der Waals surface area contributed by atoms with Gasteiger partial charge in [0.05, 0.1) is 25.5 Å². The summed E-state index contributed by atoms with van der Waals surface area (Å²) in [6.45, 7) is 0.690. The van der Waals surface area contributed by atoms with Crippen molar-refractivity contribution < 1.29 is 14.3 Å². The summed E-state index contributed by atoms with van der Waals surface area (Å²) in [5.41, 5.74) is 2.18. The molecule has 0 aliphatic rings. The first-order valence-electron chi connectivity index (χ1n) is 8.83. The highest BCUT2D eigenvalue weighted by atomic mass is 16.5. The zero-order valence-electron chi connectivity index (χ0n) is 15.8. The SMILES string of the molecule is COC(=O)c1ccccc1Nc1cc(NCCc2ccccc2OC)ncn1. The van der Waals surface area contributed by atoms with Gasteiger partial charge < -0.3 is 20.1 Å². The maximum Gasteiger partial charge on any atom is 0.339 e. The highest BCUT2D eigenvalue weighted by Gasteiger charge is 2.11. The molecule has 144 valence electrons. The number of para-hydroxylation sites is 2. The fraction of sp³-hybridized carbons (Fsp3) is 0.190. The van der Waals surface area contributed by atoms with Crippen molar-refractivity contribution in [3.8, 4) is 5.75 Å². The Labute approximate surface area is 163 Å². The van der Waals surface area contributed by atoms with Crippen LogP contribution in [0.4, 0.5) is 17.3 Å². The van der Waals surface area contributed by atoms with Gasteiger partial charge in [-0.25, -0.2) is 14.8 Å². The predicted octanol–water partition coefficient (Wildman–Crippen LogP) is 3.67. The first-order chi connectivity index (χ1) is 13.7. The number of methoxy groups -OCH3 is 2. The quantitative estimate of drug-likeness (QED) is 0.579. The van der Waals surface area contributed by atoms with E-state index < -0.39 is 5.97 Å². The molecule has 7 heteroatoms. The molecule has 0 amide bonds. The second-order valence-electron chi connectivity index (χ2n) is 5.94. The number of hydrogen-bond donors (Lipinski definition) is 2. The van der Waals surface area contributed by atoms with E-state index in [1.807, 2.05) is 30.3 Å². The molecule has 7 nitrogen and oxygen atoms in total. The van der Waals surface area contributed by atoms with Gasteiger partial charge in [-0.2, -0.15) is 0 Å². The molecule has 0 atom stereocenters. The smallest absolute Gasteiger partial charge is 0.339 e. The Hall–Kier alpha value is -3.61. The fourth-order valence-corrected chi connectivity index (χ4v) is 2.78. The van der Waals surface area contributed by atoms with Crippen molar-refractivity contribution in [3.05, 3.63) is 72.1 Å². The van der Waals surface area contributed by atoms with Crippen LogP contribution in [0.25, 0.3) is 0 Å². The second kappa shape index (κ2) is 9.36. The van der Waals surface area contributed by atoms with Crippen LogP contribution in [0.2, 0.25) is 0 Å². The summed E-state index contributed by atoms with van der Waals surface area (Å²) in [4.78, 5) is 20.4. The van der Waals surface area contributed by atoms with E-state index >= 15 is 0 Å². The van der Waals surface area contributed by atoms with Crippen molar-refractivity contribution in [1.29, 1.82) is 0 Å². The van der Waals surface area contributed by atoms with Crippen LogP contribution in [0.15, 0.2) is 60.9 Å². The van der Waals surface area contributed by atoms with Crippen LogP contribution in [-0.4, -0.2) is 36.7 Å². The van der Waals surface area contributed by atoms with Crippen LogP contribution in [0.3, 0.4) is 0 Å². The fourth-order valence-electron chi connectivity index (χ4n) is 2.78. The summed E-state index contributed by atoms with van der Waals surface area (Å²) < 4.78 is 10.2. The maximum absolute atomic E-state index is 11.9. The third-order valence-electron chi connectivity index (χ3n) is 4.16. The van der Waals surface area contributed by atoms with Crippen LogP contribution in [0.5, 0.6) is 5.75 Å². The van der Waals surface area contributed by atoms with E-state index in [-0.39, 0.29) is 0 Å². The Kier molecular flexibility index (Phi) is 6.41. The number of benzene rings is 2. The average Bonchev–Trinajstić information content (AvgIpc) is 2.74. The van der Waals surface area contributed by atoms with Gasteiger partial charge in [-0.3, -0.25) is 0 Å². The summed E-state index contributed by atoms with van der Waals surface area (Å²) in [6.07, 6.45) is 2.26. The Balaban J connectivity index is 1.66. The highest BCUT2D eigenvalue weighted by molar-refractivity contribution is 5.96. The molecular formula is C21H22N4O3. The molecule has 28 heavy (non-hydrogen) atoms. The van der Waals surface area contributed by atoms with Gasteiger partial charge in [-0.1, -0.05) is 30.3 Å².